The molecule has 1 aromatic carbocycles. The molecule has 0 radical (unpaired) electrons. The number of hydrogen-bond donors (Lipinski definition) is 2. The van der Waals surface area contributed by atoms with Crippen LogP contribution in [0.1, 0.15) is 16.6 Å². The molecule has 1 aliphatic heterocycles. The number of hydrogen-bond acceptors (Lipinski definition) is 5. The Morgan fingerprint density at radius 1 is 1.43 bits per heavy atom. The molecule has 23 heavy (non-hydrogen) atoms. The second kappa shape index (κ2) is 6.82. The molecular formula is C15H11BrClN3O2S. The molecule has 0 bridgehead atoms. The predicted molar refractivity (Wildman–Crippen MR) is 94.4 cm³/mol. The van der Waals surface area contributed by atoms with Crippen LogP contribution in [0.3, 0.4) is 0 Å². The summed E-state index contributed by atoms with van der Waals surface area (Å²) in [7, 11) is 0. The number of carboxylic acid groups (broad SMARTS) is 1. The first-order chi connectivity index (χ1) is 11.1. The standard InChI is InChI=1S/C15H11BrClN3O2S/c16-7-10-11(15(21)22)12(8-3-1-2-4-9(8)17)20-13(19-10)14-18-5-6-23-14/h1-6,12H,7H2,(H,19,20)(H,21,22)/t12-/m0/s1. The summed E-state index contributed by atoms with van der Waals surface area (Å²) in [6.07, 6.45) is 1.68. The molecule has 0 saturated carbocycles. The number of aliphatic carboxylic acids is 1. The van der Waals surface area contributed by atoms with Crippen LogP contribution in [0.4, 0.5) is 0 Å². The van der Waals surface area contributed by atoms with Gasteiger partial charge in [0.2, 0.25) is 0 Å². The van der Waals surface area contributed by atoms with Crippen LogP contribution in [0.25, 0.3) is 0 Å². The molecule has 1 aliphatic rings. The van der Waals surface area contributed by atoms with Crippen molar-refractivity contribution >= 4 is 50.7 Å². The maximum absolute atomic E-state index is 11.8. The van der Waals surface area contributed by atoms with Crippen molar-refractivity contribution in [1.29, 1.82) is 0 Å². The van der Waals surface area contributed by atoms with Gasteiger partial charge in [-0.3, -0.25) is 4.99 Å². The predicted octanol–water partition coefficient (Wildman–Crippen LogP) is 3.62. The Hall–Kier alpha value is -1.70. The van der Waals surface area contributed by atoms with Crippen LogP contribution in [0, 0.1) is 0 Å². The molecule has 1 atom stereocenters. The summed E-state index contributed by atoms with van der Waals surface area (Å²) in [4.78, 5) is 20.6. The second-order valence-corrected chi connectivity index (χ2v) is 6.56. The van der Waals surface area contributed by atoms with Gasteiger partial charge in [-0.2, -0.15) is 0 Å². The fourth-order valence-electron chi connectivity index (χ4n) is 2.32. The molecule has 5 nitrogen and oxygen atoms in total. The zero-order chi connectivity index (χ0) is 16.4. The van der Waals surface area contributed by atoms with Gasteiger partial charge in [-0.05, 0) is 6.07 Å². The average molecular weight is 413 g/mol. The van der Waals surface area contributed by atoms with E-state index in [-0.39, 0.29) is 5.57 Å². The van der Waals surface area contributed by atoms with Crippen LogP contribution in [0.2, 0.25) is 5.02 Å². The van der Waals surface area contributed by atoms with Crippen molar-refractivity contribution in [1.82, 2.24) is 10.3 Å². The smallest absolute Gasteiger partial charge is 0.335 e. The maximum atomic E-state index is 11.8. The number of nitrogens with zero attached hydrogens (tertiary/aromatic N) is 2. The van der Waals surface area contributed by atoms with Gasteiger partial charge in [-0.25, -0.2) is 9.78 Å². The van der Waals surface area contributed by atoms with Crippen molar-refractivity contribution in [3.63, 3.8) is 0 Å². The highest BCUT2D eigenvalue weighted by atomic mass is 79.9. The van der Waals surface area contributed by atoms with Crippen molar-refractivity contribution in [2.45, 2.75) is 6.04 Å². The van der Waals surface area contributed by atoms with Crippen LogP contribution < -0.4 is 5.32 Å². The number of benzene rings is 1. The largest absolute Gasteiger partial charge is 0.478 e. The fraction of sp³-hybridized carbons (Fsp3) is 0.133. The zero-order valence-electron chi connectivity index (χ0n) is 11.7. The van der Waals surface area contributed by atoms with Gasteiger partial charge in [0.25, 0.3) is 0 Å². The molecule has 1 aromatic heterocycles. The summed E-state index contributed by atoms with van der Waals surface area (Å²) >= 11 is 11.0. The monoisotopic (exact) mass is 411 g/mol. The van der Waals surface area contributed by atoms with Crippen LogP contribution >= 0.6 is 38.9 Å². The first-order valence-corrected chi connectivity index (χ1v) is 9.01. The zero-order valence-corrected chi connectivity index (χ0v) is 14.8. The van der Waals surface area contributed by atoms with Crippen molar-refractivity contribution < 1.29 is 9.90 Å². The molecule has 0 aliphatic carbocycles. The quantitative estimate of drug-likeness (QED) is 0.752. The molecule has 3 rings (SSSR count). The number of aromatic nitrogens is 1. The Kier molecular flexibility index (Phi) is 4.79. The fourth-order valence-corrected chi connectivity index (χ4v) is 3.59. The third-order valence-corrected chi connectivity index (χ3v) is 5.01. The van der Waals surface area contributed by atoms with Crippen molar-refractivity contribution in [2.24, 2.45) is 4.99 Å². The first-order valence-electron chi connectivity index (χ1n) is 6.63. The number of halogens is 2. The van der Waals surface area contributed by atoms with Gasteiger partial charge < -0.3 is 10.4 Å². The number of aliphatic imine (C=N–C) groups is 1. The van der Waals surface area contributed by atoms with E-state index in [1.807, 2.05) is 11.4 Å². The number of amidine groups is 1. The average Bonchev–Trinajstić information content (AvgIpc) is 3.08. The summed E-state index contributed by atoms with van der Waals surface area (Å²) in [5.41, 5.74) is 1.37. The summed E-state index contributed by atoms with van der Waals surface area (Å²) in [5, 5.41) is 16.1. The van der Waals surface area contributed by atoms with Gasteiger partial charge in [-0.1, -0.05) is 45.7 Å². The minimum Gasteiger partial charge on any atom is -0.478 e. The summed E-state index contributed by atoms with van der Waals surface area (Å²) in [6, 6.07) is 6.44. The summed E-state index contributed by atoms with van der Waals surface area (Å²) in [6.45, 7) is 0. The summed E-state index contributed by atoms with van der Waals surface area (Å²) in [5.74, 6) is -0.483. The van der Waals surface area contributed by atoms with Crippen molar-refractivity contribution in [3.05, 3.63) is 62.7 Å². The van der Waals surface area contributed by atoms with E-state index in [4.69, 9.17) is 11.6 Å². The van der Waals surface area contributed by atoms with E-state index in [2.05, 4.69) is 31.2 Å². The van der Waals surface area contributed by atoms with Crippen molar-refractivity contribution in [2.75, 3.05) is 5.33 Å². The van der Waals surface area contributed by atoms with Crippen LogP contribution in [-0.4, -0.2) is 27.2 Å². The van der Waals surface area contributed by atoms with E-state index in [0.717, 1.165) is 0 Å². The third-order valence-electron chi connectivity index (χ3n) is 3.32. The lowest BCUT2D eigenvalue weighted by molar-refractivity contribution is -0.133. The number of rotatable bonds is 4. The molecule has 118 valence electrons. The van der Waals surface area contributed by atoms with Gasteiger partial charge in [0, 0.05) is 33.2 Å². The molecule has 2 N–H and O–H groups in total. The third kappa shape index (κ3) is 3.17. The number of allylic oxidation sites excluding steroid dienone is 1. The Labute approximate surface area is 149 Å². The van der Waals surface area contributed by atoms with E-state index in [9.17, 15) is 9.90 Å². The van der Waals surface area contributed by atoms with Crippen molar-refractivity contribution in [3.8, 4) is 0 Å². The lowest BCUT2D eigenvalue weighted by Gasteiger charge is -2.25. The highest BCUT2D eigenvalue weighted by Crippen LogP contribution is 2.35. The Morgan fingerprint density at radius 2 is 2.22 bits per heavy atom. The molecular weight excluding hydrogens is 402 g/mol. The normalized spacial score (nSPS) is 17.7. The number of carbonyl (C=O) groups is 1. The molecule has 0 fully saturated rings. The number of carboxylic acids is 1. The molecule has 0 spiro atoms. The number of alkyl halides is 1. The molecule has 0 amide bonds. The lowest BCUT2D eigenvalue weighted by Crippen LogP contribution is -2.34. The maximum Gasteiger partial charge on any atom is 0.335 e. The minimum atomic E-state index is -1.03. The van der Waals surface area contributed by atoms with Gasteiger partial charge in [0.15, 0.2) is 10.8 Å². The molecule has 0 unspecified atom stereocenters. The second-order valence-electron chi connectivity index (χ2n) is 4.70. The Balaban J connectivity index is 2.16. The number of nitrogens with one attached hydrogen (secondary N) is 1. The van der Waals surface area contributed by atoms with E-state index < -0.39 is 12.0 Å². The topological polar surface area (TPSA) is 74.6 Å². The van der Waals surface area contributed by atoms with Gasteiger partial charge in [-0.15, -0.1) is 11.3 Å². The van der Waals surface area contributed by atoms with Gasteiger partial charge >= 0.3 is 5.97 Å². The highest BCUT2D eigenvalue weighted by Gasteiger charge is 2.32. The minimum absolute atomic E-state index is 0.176. The Bertz CT molecular complexity index is 805. The highest BCUT2D eigenvalue weighted by molar-refractivity contribution is 9.09. The molecule has 8 heteroatoms. The SMILES string of the molecule is O=C(O)C1=C(CBr)NC(c2nccs2)=N[C@H]1c1ccccc1Cl. The molecule has 0 saturated heterocycles. The van der Waals surface area contributed by atoms with E-state index in [1.165, 1.54) is 11.3 Å². The van der Waals surface area contributed by atoms with Gasteiger partial charge in [0.05, 0.1) is 5.57 Å². The number of thiazole rings is 1. The summed E-state index contributed by atoms with van der Waals surface area (Å²) < 4.78 is 0. The first kappa shape index (κ1) is 16.2. The van der Waals surface area contributed by atoms with Gasteiger partial charge in [0.1, 0.15) is 6.04 Å². The van der Waals surface area contributed by atoms with E-state index >= 15 is 0 Å². The van der Waals surface area contributed by atoms with E-state index in [1.54, 1.807) is 24.4 Å². The van der Waals surface area contributed by atoms with Crippen LogP contribution in [0.5, 0.6) is 0 Å². The lowest BCUT2D eigenvalue weighted by atomic mass is 9.96. The van der Waals surface area contributed by atoms with E-state index in [0.29, 0.717) is 32.5 Å². The Morgan fingerprint density at radius 3 is 2.83 bits per heavy atom. The van der Waals surface area contributed by atoms with Crippen LogP contribution in [-0.2, 0) is 4.79 Å². The van der Waals surface area contributed by atoms with Crippen LogP contribution in [0.15, 0.2) is 52.1 Å². The molecule has 2 heterocycles. The molecule has 2 aromatic rings.